The molecule has 0 amide bonds. The van der Waals surface area contributed by atoms with Crippen LogP contribution < -0.4 is 0 Å². The highest BCUT2D eigenvalue weighted by molar-refractivity contribution is 6.30. The lowest BCUT2D eigenvalue weighted by Crippen LogP contribution is -2.07. The van der Waals surface area contributed by atoms with Crippen LogP contribution in [0.25, 0.3) is 22.2 Å². The Balaban J connectivity index is 1.98. The van der Waals surface area contributed by atoms with Gasteiger partial charge in [0, 0.05) is 16.0 Å². The molecule has 0 saturated heterocycles. The predicted octanol–water partition coefficient (Wildman–Crippen LogP) is 6.73. The number of alkyl halides is 3. The predicted molar refractivity (Wildman–Crippen MR) is 105 cm³/mol. The highest BCUT2D eigenvalue weighted by atomic mass is 35.5. The number of rotatable bonds is 3. The van der Waals surface area contributed by atoms with Crippen molar-refractivity contribution in [3.8, 4) is 11.3 Å². The van der Waals surface area contributed by atoms with Gasteiger partial charge in [-0.2, -0.15) is 18.3 Å². The molecule has 1 heterocycles. The Bertz CT molecular complexity index is 1140. The first kappa shape index (κ1) is 18.6. The molecule has 6 heteroatoms. The van der Waals surface area contributed by atoms with Crippen LogP contribution in [0, 0.1) is 6.92 Å². The number of aromatic nitrogens is 2. The molecule has 142 valence electrons. The molecular formula is C22H16ClF3N2. The Morgan fingerprint density at radius 1 is 0.929 bits per heavy atom. The van der Waals surface area contributed by atoms with Crippen LogP contribution in [0.4, 0.5) is 13.2 Å². The number of hydrogen-bond acceptors (Lipinski definition) is 1. The van der Waals surface area contributed by atoms with E-state index in [1.165, 1.54) is 6.07 Å². The number of fused-ring (bicyclic) bond motifs is 1. The van der Waals surface area contributed by atoms with Crippen LogP contribution in [0.1, 0.15) is 16.7 Å². The first-order chi connectivity index (χ1) is 13.3. The molecule has 28 heavy (non-hydrogen) atoms. The molecule has 1 aromatic heterocycles. The average molecular weight is 401 g/mol. The second-order valence-electron chi connectivity index (χ2n) is 6.64. The van der Waals surface area contributed by atoms with E-state index in [1.54, 1.807) is 35.0 Å². The van der Waals surface area contributed by atoms with Gasteiger partial charge in [-0.1, -0.05) is 60.1 Å². The highest BCUT2D eigenvalue weighted by Crippen LogP contribution is 2.38. The Labute approximate surface area is 165 Å². The molecule has 0 unspecified atom stereocenters. The summed E-state index contributed by atoms with van der Waals surface area (Å²) >= 11 is 6.00. The zero-order valence-corrected chi connectivity index (χ0v) is 15.7. The lowest BCUT2D eigenvalue weighted by molar-refractivity contribution is -0.136. The largest absolute Gasteiger partial charge is 0.418 e. The molecule has 0 aliphatic heterocycles. The molecular weight excluding hydrogens is 385 g/mol. The third kappa shape index (κ3) is 3.38. The summed E-state index contributed by atoms with van der Waals surface area (Å²) in [5.41, 5.74) is 2.68. The zero-order valence-electron chi connectivity index (χ0n) is 15.0. The molecule has 4 aromatic rings. The first-order valence-corrected chi connectivity index (χ1v) is 9.09. The van der Waals surface area contributed by atoms with Gasteiger partial charge in [0.15, 0.2) is 0 Å². The van der Waals surface area contributed by atoms with Crippen LogP contribution in [0.15, 0.2) is 66.7 Å². The second kappa shape index (κ2) is 6.99. The molecule has 0 fully saturated rings. The maximum absolute atomic E-state index is 13.5. The summed E-state index contributed by atoms with van der Waals surface area (Å²) in [4.78, 5) is 0. The maximum Gasteiger partial charge on any atom is 0.418 e. The summed E-state index contributed by atoms with van der Waals surface area (Å²) in [6.07, 6.45) is -4.47. The molecule has 0 atom stereocenters. The van der Waals surface area contributed by atoms with Gasteiger partial charge in [-0.3, -0.25) is 4.68 Å². The van der Waals surface area contributed by atoms with Gasteiger partial charge in [-0.15, -0.1) is 0 Å². The van der Waals surface area contributed by atoms with Gasteiger partial charge in [0.05, 0.1) is 17.8 Å². The van der Waals surface area contributed by atoms with Gasteiger partial charge < -0.3 is 0 Å². The summed E-state index contributed by atoms with van der Waals surface area (Å²) in [5.74, 6) is 0. The topological polar surface area (TPSA) is 17.8 Å². The van der Waals surface area contributed by atoms with Gasteiger partial charge in [-0.05, 0) is 36.2 Å². The molecule has 3 aromatic carbocycles. The molecule has 0 bridgehead atoms. The summed E-state index contributed by atoms with van der Waals surface area (Å²) < 4.78 is 42.3. The highest BCUT2D eigenvalue weighted by Gasteiger charge is 2.34. The van der Waals surface area contributed by atoms with E-state index in [9.17, 15) is 13.2 Å². The molecule has 2 nitrogen and oxygen atoms in total. The zero-order chi connectivity index (χ0) is 19.9. The molecule has 0 aliphatic rings. The smallest absolute Gasteiger partial charge is 0.259 e. The summed E-state index contributed by atoms with van der Waals surface area (Å²) in [6, 6.07) is 19.0. The number of nitrogens with zero attached hydrogens (tertiary/aromatic N) is 2. The monoisotopic (exact) mass is 400 g/mol. The van der Waals surface area contributed by atoms with Crippen LogP contribution in [-0.4, -0.2) is 9.78 Å². The standard InChI is InChI=1S/C22H16ClF3N2/c1-14-5-2-3-6-16(14)13-28-21(15-9-11-17(23)12-10-15)18-7-4-8-19(20(18)27-28)22(24,25)26/h2-12H,13H2,1H3. The second-order valence-corrected chi connectivity index (χ2v) is 7.08. The van der Waals surface area contributed by atoms with Crippen molar-refractivity contribution in [2.45, 2.75) is 19.6 Å². The fourth-order valence-corrected chi connectivity index (χ4v) is 3.48. The molecule has 4 rings (SSSR count). The molecule has 0 N–H and O–H groups in total. The van der Waals surface area contributed by atoms with Crippen molar-refractivity contribution in [3.63, 3.8) is 0 Å². The first-order valence-electron chi connectivity index (χ1n) is 8.72. The van der Waals surface area contributed by atoms with Gasteiger partial charge in [-0.25, -0.2) is 0 Å². The van der Waals surface area contributed by atoms with E-state index in [2.05, 4.69) is 5.10 Å². The van der Waals surface area contributed by atoms with Crippen molar-refractivity contribution in [2.75, 3.05) is 0 Å². The summed E-state index contributed by atoms with van der Waals surface area (Å²) in [6.45, 7) is 2.35. The van der Waals surface area contributed by atoms with E-state index in [-0.39, 0.29) is 5.52 Å². The van der Waals surface area contributed by atoms with Crippen LogP contribution in [0.3, 0.4) is 0 Å². The van der Waals surface area contributed by atoms with Crippen LogP contribution in [-0.2, 0) is 12.7 Å². The van der Waals surface area contributed by atoms with Crippen molar-refractivity contribution >= 4 is 22.5 Å². The van der Waals surface area contributed by atoms with Crippen molar-refractivity contribution < 1.29 is 13.2 Å². The minimum absolute atomic E-state index is 0.0477. The molecule has 0 saturated carbocycles. The fourth-order valence-electron chi connectivity index (χ4n) is 3.36. The SMILES string of the molecule is Cc1ccccc1Cn1nc2c(C(F)(F)F)cccc2c1-c1ccc(Cl)cc1. The van der Waals surface area contributed by atoms with Gasteiger partial charge >= 0.3 is 6.18 Å². The van der Waals surface area contributed by atoms with Gasteiger partial charge in [0.2, 0.25) is 0 Å². The van der Waals surface area contributed by atoms with Gasteiger partial charge in [0.1, 0.15) is 5.52 Å². The average Bonchev–Trinajstić information content (AvgIpc) is 3.01. The van der Waals surface area contributed by atoms with Crippen LogP contribution in [0.2, 0.25) is 5.02 Å². The number of hydrogen-bond donors (Lipinski definition) is 0. The maximum atomic E-state index is 13.5. The molecule has 0 radical (unpaired) electrons. The van der Waals surface area contributed by atoms with Crippen LogP contribution >= 0.6 is 11.6 Å². The number of aryl methyl sites for hydroxylation is 1. The van der Waals surface area contributed by atoms with Crippen molar-refractivity contribution in [3.05, 3.63) is 88.4 Å². The lowest BCUT2D eigenvalue weighted by Gasteiger charge is -2.10. The van der Waals surface area contributed by atoms with Crippen LogP contribution in [0.5, 0.6) is 0 Å². The third-order valence-electron chi connectivity index (χ3n) is 4.77. The quantitative estimate of drug-likeness (QED) is 0.372. The number of benzene rings is 3. The Kier molecular flexibility index (Phi) is 4.63. The normalized spacial score (nSPS) is 11.9. The molecule has 0 aliphatic carbocycles. The minimum Gasteiger partial charge on any atom is -0.259 e. The van der Waals surface area contributed by atoms with Crippen molar-refractivity contribution in [1.29, 1.82) is 0 Å². The van der Waals surface area contributed by atoms with Gasteiger partial charge in [0.25, 0.3) is 0 Å². The Morgan fingerprint density at radius 3 is 2.32 bits per heavy atom. The number of halogens is 4. The summed E-state index contributed by atoms with van der Waals surface area (Å²) in [7, 11) is 0. The Morgan fingerprint density at radius 2 is 1.64 bits per heavy atom. The summed E-state index contributed by atoms with van der Waals surface area (Å²) in [5, 5.41) is 5.41. The van der Waals surface area contributed by atoms with Crippen molar-refractivity contribution in [2.24, 2.45) is 0 Å². The van der Waals surface area contributed by atoms with E-state index < -0.39 is 11.7 Å². The Hall–Kier alpha value is -2.79. The fraction of sp³-hybridized carbons (Fsp3) is 0.136. The lowest BCUT2D eigenvalue weighted by atomic mass is 10.0. The third-order valence-corrected chi connectivity index (χ3v) is 5.03. The van der Waals surface area contributed by atoms with E-state index in [1.807, 2.05) is 31.2 Å². The van der Waals surface area contributed by atoms with E-state index in [4.69, 9.17) is 11.6 Å². The van der Waals surface area contributed by atoms with E-state index >= 15 is 0 Å². The molecule has 0 spiro atoms. The van der Waals surface area contributed by atoms with Crippen molar-refractivity contribution in [1.82, 2.24) is 9.78 Å². The van der Waals surface area contributed by atoms with E-state index in [0.29, 0.717) is 22.6 Å². The minimum atomic E-state index is -4.47. The van der Waals surface area contributed by atoms with E-state index in [0.717, 1.165) is 22.8 Å².